The topological polar surface area (TPSA) is 3.24 Å². The first-order valence-corrected chi connectivity index (χ1v) is 21.5. The summed E-state index contributed by atoms with van der Waals surface area (Å²) in [6.45, 7) is 0. The van der Waals surface area contributed by atoms with Crippen molar-refractivity contribution in [1.29, 1.82) is 0 Å². The van der Waals surface area contributed by atoms with Crippen LogP contribution in [0.1, 0.15) is 22.3 Å². The predicted molar refractivity (Wildman–Crippen MR) is 259 cm³/mol. The summed E-state index contributed by atoms with van der Waals surface area (Å²) in [6, 6.07) is 91.4. The van der Waals surface area contributed by atoms with Crippen molar-refractivity contribution < 1.29 is 0 Å². The van der Waals surface area contributed by atoms with Crippen LogP contribution in [0.25, 0.3) is 66.8 Å². The van der Waals surface area contributed by atoms with Gasteiger partial charge in [-0.15, -0.1) is 0 Å². The number of anilines is 3. The van der Waals surface area contributed by atoms with Crippen molar-refractivity contribution in [1.82, 2.24) is 0 Å². The number of fused-ring (bicyclic) bond motifs is 6. The summed E-state index contributed by atoms with van der Waals surface area (Å²) in [5, 5.41) is 0. The molecule has 290 valence electrons. The summed E-state index contributed by atoms with van der Waals surface area (Å²) in [7, 11) is 0. The van der Waals surface area contributed by atoms with Gasteiger partial charge in [0.2, 0.25) is 0 Å². The van der Waals surface area contributed by atoms with Crippen LogP contribution < -0.4 is 4.90 Å². The zero-order chi connectivity index (χ0) is 41.0. The molecule has 0 saturated heterocycles. The summed E-state index contributed by atoms with van der Waals surface area (Å²) in [4.78, 5) is 2.48. The Bertz CT molecular complexity index is 3190. The molecule has 0 bridgehead atoms. The predicted octanol–water partition coefficient (Wildman–Crippen LogP) is 16.2. The van der Waals surface area contributed by atoms with E-state index in [0.717, 1.165) is 11.4 Å². The number of hydrogen-bond acceptors (Lipinski definition) is 1. The highest BCUT2D eigenvalue weighted by Gasteiger charge is 2.53. The van der Waals surface area contributed by atoms with E-state index in [1.54, 1.807) is 0 Å². The third-order valence-corrected chi connectivity index (χ3v) is 13.1. The van der Waals surface area contributed by atoms with Crippen LogP contribution in [-0.4, -0.2) is 0 Å². The quantitative estimate of drug-likeness (QED) is 0.148. The lowest BCUT2D eigenvalue weighted by Crippen LogP contribution is -2.26. The minimum absolute atomic E-state index is 0.429. The standard InChI is InChI=1S/C61H41N/c1-5-17-42(18-6-1)45-29-33-51(34-30-45)62(52-35-31-46(32-36-52)49-40-47(43-19-7-2-8-20-43)39-48(41-49)44-21-9-3-10-22-44)58-38-37-54-53-25-13-15-27-56(53)61(50-23-11-4-12-24-50)57-28-16-14-26-55(57)59(58)60(54)61/h1-41H. The first-order chi connectivity index (χ1) is 30.8. The Hall–Kier alpha value is -8.00. The van der Waals surface area contributed by atoms with Crippen molar-refractivity contribution in [2.24, 2.45) is 0 Å². The third kappa shape index (κ3) is 5.63. The van der Waals surface area contributed by atoms with Gasteiger partial charge in [0.05, 0.1) is 11.1 Å². The Balaban J connectivity index is 1.06. The van der Waals surface area contributed by atoms with Gasteiger partial charge in [0.25, 0.3) is 0 Å². The second kappa shape index (κ2) is 14.6. The Morgan fingerprint density at radius 1 is 0.274 bits per heavy atom. The highest BCUT2D eigenvalue weighted by Crippen LogP contribution is 2.66. The molecule has 0 saturated carbocycles. The van der Waals surface area contributed by atoms with E-state index in [2.05, 4.69) is 254 Å². The highest BCUT2D eigenvalue weighted by molar-refractivity contribution is 6.05. The smallest absolute Gasteiger partial charge is 0.0726 e. The monoisotopic (exact) mass is 787 g/mol. The summed E-state index contributed by atoms with van der Waals surface area (Å²) in [6.07, 6.45) is 0. The average molecular weight is 788 g/mol. The molecule has 0 fully saturated rings. The Labute approximate surface area is 363 Å². The molecule has 10 aromatic rings. The van der Waals surface area contributed by atoms with Gasteiger partial charge in [-0.05, 0) is 132 Å². The number of rotatable bonds is 8. The molecule has 0 radical (unpaired) electrons. The average Bonchev–Trinajstić information content (AvgIpc) is 3.84. The SMILES string of the molecule is c1ccc(-c2ccc(N(c3ccc(-c4cc(-c5ccccc5)cc(-c5ccccc5)c4)cc3)c3ccc4c5c3-c3ccccc3C5(c3ccccc3)c3ccccc3-4)cc2)cc1. The van der Waals surface area contributed by atoms with Gasteiger partial charge in [-0.1, -0.05) is 200 Å². The van der Waals surface area contributed by atoms with Crippen molar-refractivity contribution in [2.75, 3.05) is 4.90 Å². The molecule has 2 aliphatic carbocycles. The number of benzene rings is 10. The zero-order valence-electron chi connectivity index (χ0n) is 34.1. The largest absolute Gasteiger partial charge is 0.310 e. The maximum Gasteiger partial charge on any atom is 0.0726 e. The van der Waals surface area contributed by atoms with E-state index in [0.29, 0.717) is 0 Å². The molecule has 62 heavy (non-hydrogen) atoms. The molecule has 12 rings (SSSR count). The van der Waals surface area contributed by atoms with Crippen molar-refractivity contribution in [3.63, 3.8) is 0 Å². The van der Waals surface area contributed by atoms with Gasteiger partial charge in [0.15, 0.2) is 0 Å². The van der Waals surface area contributed by atoms with Crippen LogP contribution in [-0.2, 0) is 5.41 Å². The molecule has 0 N–H and O–H groups in total. The Kier molecular flexibility index (Phi) is 8.47. The second-order valence-electron chi connectivity index (χ2n) is 16.4. The van der Waals surface area contributed by atoms with Crippen molar-refractivity contribution in [3.8, 4) is 66.8 Å². The Morgan fingerprint density at radius 2 is 0.661 bits per heavy atom. The van der Waals surface area contributed by atoms with E-state index in [4.69, 9.17) is 0 Å². The summed E-state index contributed by atoms with van der Waals surface area (Å²) in [5.41, 5.74) is 23.1. The van der Waals surface area contributed by atoms with E-state index >= 15 is 0 Å². The number of nitrogens with zero attached hydrogens (tertiary/aromatic N) is 1. The molecule has 1 nitrogen and oxygen atoms in total. The summed E-state index contributed by atoms with van der Waals surface area (Å²) in [5.74, 6) is 0. The van der Waals surface area contributed by atoms with Crippen LogP contribution in [0, 0.1) is 0 Å². The Morgan fingerprint density at radius 3 is 1.18 bits per heavy atom. The van der Waals surface area contributed by atoms with E-state index in [1.807, 2.05) is 0 Å². The normalized spacial score (nSPS) is 14.2. The van der Waals surface area contributed by atoms with Crippen LogP contribution >= 0.6 is 0 Å². The van der Waals surface area contributed by atoms with Gasteiger partial charge in [0.1, 0.15) is 0 Å². The van der Waals surface area contributed by atoms with E-state index in [1.165, 1.54) is 94.7 Å². The molecule has 0 aromatic heterocycles. The van der Waals surface area contributed by atoms with Gasteiger partial charge in [-0.3, -0.25) is 0 Å². The van der Waals surface area contributed by atoms with Crippen LogP contribution in [0.5, 0.6) is 0 Å². The maximum absolute atomic E-state index is 2.48. The fourth-order valence-corrected chi connectivity index (χ4v) is 10.3. The van der Waals surface area contributed by atoms with Crippen molar-refractivity contribution in [3.05, 3.63) is 271 Å². The lowest BCUT2D eigenvalue weighted by atomic mass is 9.70. The van der Waals surface area contributed by atoms with Crippen LogP contribution in [0.2, 0.25) is 0 Å². The molecule has 0 spiro atoms. The first-order valence-electron chi connectivity index (χ1n) is 21.5. The minimum atomic E-state index is -0.429. The highest BCUT2D eigenvalue weighted by atomic mass is 15.1. The van der Waals surface area contributed by atoms with Gasteiger partial charge in [0, 0.05) is 16.9 Å². The molecule has 1 atom stereocenters. The third-order valence-electron chi connectivity index (χ3n) is 13.1. The molecule has 10 aromatic carbocycles. The molecular formula is C61H41N. The second-order valence-corrected chi connectivity index (χ2v) is 16.4. The van der Waals surface area contributed by atoms with E-state index < -0.39 is 5.41 Å². The molecule has 1 unspecified atom stereocenters. The molecule has 0 aliphatic heterocycles. The fraction of sp³-hybridized carbons (Fsp3) is 0.0164. The summed E-state index contributed by atoms with van der Waals surface area (Å²) < 4.78 is 0. The van der Waals surface area contributed by atoms with Gasteiger partial charge < -0.3 is 4.90 Å². The first kappa shape index (κ1) is 35.9. The van der Waals surface area contributed by atoms with Crippen molar-refractivity contribution >= 4 is 17.1 Å². The molecule has 1 heteroatoms. The van der Waals surface area contributed by atoms with Crippen LogP contribution in [0.15, 0.2) is 249 Å². The van der Waals surface area contributed by atoms with Crippen LogP contribution in [0.3, 0.4) is 0 Å². The van der Waals surface area contributed by atoms with Gasteiger partial charge in [-0.2, -0.15) is 0 Å². The number of hydrogen-bond donors (Lipinski definition) is 0. The van der Waals surface area contributed by atoms with Crippen molar-refractivity contribution in [2.45, 2.75) is 5.41 Å². The van der Waals surface area contributed by atoms with Crippen LogP contribution in [0.4, 0.5) is 17.1 Å². The lowest BCUT2D eigenvalue weighted by molar-refractivity contribution is 0.792. The summed E-state index contributed by atoms with van der Waals surface area (Å²) >= 11 is 0. The molecule has 2 aliphatic rings. The van der Waals surface area contributed by atoms with Gasteiger partial charge in [-0.25, -0.2) is 0 Å². The maximum atomic E-state index is 2.48. The minimum Gasteiger partial charge on any atom is -0.310 e. The lowest BCUT2D eigenvalue weighted by Gasteiger charge is -2.31. The van der Waals surface area contributed by atoms with E-state index in [9.17, 15) is 0 Å². The van der Waals surface area contributed by atoms with E-state index in [-0.39, 0.29) is 0 Å². The molecule has 0 amide bonds. The molecule has 0 heterocycles. The van der Waals surface area contributed by atoms with Gasteiger partial charge >= 0.3 is 0 Å². The molecular weight excluding hydrogens is 747 g/mol. The fourth-order valence-electron chi connectivity index (χ4n) is 10.3. The zero-order valence-corrected chi connectivity index (χ0v) is 34.1.